The van der Waals surface area contributed by atoms with Gasteiger partial charge in [-0.15, -0.1) is 0 Å². The summed E-state index contributed by atoms with van der Waals surface area (Å²) >= 11 is 8.93. The molecule has 0 aliphatic heterocycles. The number of carbonyl (C=O) groups is 1. The van der Waals surface area contributed by atoms with Crippen molar-refractivity contribution in [2.24, 2.45) is 0 Å². The van der Waals surface area contributed by atoms with Crippen molar-refractivity contribution in [1.82, 2.24) is 4.98 Å². The fourth-order valence-electron chi connectivity index (χ4n) is 1.51. The number of hydrogen-bond donors (Lipinski definition) is 1. The second kappa shape index (κ2) is 5.98. The highest BCUT2D eigenvalue weighted by atomic mass is 79.9. The Morgan fingerprint density at radius 1 is 1.40 bits per heavy atom. The van der Waals surface area contributed by atoms with Crippen LogP contribution in [0.3, 0.4) is 0 Å². The zero-order valence-electron chi connectivity index (χ0n) is 9.84. The van der Waals surface area contributed by atoms with Crippen LogP contribution in [0.25, 0.3) is 0 Å². The summed E-state index contributed by atoms with van der Waals surface area (Å²) < 4.78 is 0.349. The van der Waals surface area contributed by atoms with Crippen LogP contribution in [0.1, 0.15) is 10.4 Å². The summed E-state index contributed by atoms with van der Waals surface area (Å²) in [7, 11) is 0. The van der Waals surface area contributed by atoms with Crippen molar-refractivity contribution >= 4 is 44.8 Å². The molecule has 0 saturated carbocycles. The molecule has 0 fully saturated rings. The van der Waals surface area contributed by atoms with Gasteiger partial charge >= 0.3 is 0 Å². The van der Waals surface area contributed by atoms with E-state index in [9.17, 15) is 14.9 Å². The van der Waals surface area contributed by atoms with E-state index in [4.69, 9.17) is 11.6 Å². The molecule has 0 radical (unpaired) electrons. The van der Waals surface area contributed by atoms with E-state index >= 15 is 0 Å². The number of nitro benzene ring substituents is 1. The lowest BCUT2D eigenvalue weighted by Crippen LogP contribution is -2.14. The number of nitrogens with one attached hydrogen (secondary N) is 1. The first kappa shape index (κ1) is 14.4. The minimum atomic E-state index is -0.593. The molecule has 1 N–H and O–H groups in total. The van der Waals surface area contributed by atoms with Gasteiger partial charge in [0, 0.05) is 17.3 Å². The van der Waals surface area contributed by atoms with Gasteiger partial charge in [-0.2, -0.15) is 0 Å². The molecule has 2 rings (SSSR count). The van der Waals surface area contributed by atoms with Crippen LogP contribution in [0.15, 0.2) is 41.1 Å². The molecule has 1 amide bonds. The highest BCUT2D eigenvalue weighted by molar-refractivity contribution is 9.10. The molecule has 1 aromatic carbocycles. The first-order valence-corrected chi connectivity index (χ1v) is 6.52. The van der Waals surface area contributed by atoms with E-state index in [-0.39, 0.29) is 22.0 Å². The molecule has 0 spiro atoms. The van der Waals surface area contributed by atoms with Crippen LogP contribution in [0, 0.1) is 10.1 Å². The summed E-state index contributed by atoms with van der Waals surface area (Å²) in [5.41, 5.74) is 0.0628. The molecule has 1 heterocycles. The molecule has 0 aliphatic rings. The Balaban J connectivity index is 2.35. The van der Waals surface area contributed by atoms with Crippen molar-refractivity contribution in [2.75, 3.05) is 5.32 Å². The number of benzene rings is 1. The number of rotatable bonds is 3. The number of hydrogen-bond acceptors (Lipinski definition) is 4. The van der Waals surface area contributed by atoms with Gasteiger partial charge in [-0.05, 0) is 40.2 Å². The van der Waals surface area contributed by atoms with Gasteiger partial charge in [0.15, 0.2) is 0 Å². The number of aromatic nitrogens is 1. The monoisotopic (exact) mass is 355 g/mol. The maximum absolute atomic E-state index is 12.1. The van der Waals surface area contributed by atoms with Crippen molar-refractivity contribution < 1.29 is 9.72 Å². The maximum Gasteiger partial charge on any atom is 0.292 e. The van der Waals surface area contributed by atoms with Crippen molar-refractivity contribution in [1.29, 1.82) is 0 Å². The van der Waals surface area contributed by atoms with Gasteiger partial charge in [0.2, 0.25) is 0 Å². The highest BCUT2D eigenvalue weighted by Gasteiger charge is 2.18. The number of pyridine rings is 1. The lowest BCUT2D eigenvalue weighted by Gasteiger charge is -2.07. The van der Waals surface area contributed by atoms with Crippen LogP contribution in [0.5, 0.6) is 0 Å². The molecule has 1 aromatic heterocycles. The topological polar surface area (TPSA) is 85.1 Å². The standard InChI is InChI=1S/C12H7BrClN3O3/c13-11-8(2-1-5-15-11)12(18)16-9-6-7(14)3-4-10(9)17(19)20/h1-6H,(H,16,18). The average Bonchev–Trinajstić information content (AvgIpc) is 2.38. The van der Waals surface area contributed by atoms with E-state index in [0.717, 1.165) is 0 Å². The normalized spacial score (nSPS) is 10.1. The van der Waals surface area contributed by atoms with Gasteiger partial charge in [0.25, 0.3) is 11.6 Å². The third kappa shape index (κ3) is 3.12. The van der Waals surface area contributed by atoms with Crippen LogP contribution in [0.2, 0.25) is 5.02 Å². The third-order valence-corrected chi connectivity index (χ3v) is 3.27. The molecule has 20 heavy (non-hydrogen) atoms. The predicted molar refractivity (Wildman–Crippen MR) is 78.0 cm³/mol. The van der Waals surface area contributed by atoms with Crippen molar-refractivity contribution in [3.8, 4) is 0 Å². The van der Waals surface area contributed by atoms with Crippen LogP contribution >= 0.6 is 27.5 Å². The number of nitro groups is 1. The first-order valence-electron chi connectivity index (χ1n) is 5.35. The largest absolute Gasteiger partial charge is 0.316 e. The summed E-state index contributed by atoms with van der Waals surface area (Å²) in [6.45, 7) is 0. The van der Waals surface area contributed by atoms with Crippen molar-refractivity contribution in [3.63, 3.8) is 0 Å². The van der Waals surface area contributed by atoms with Gasteiger partial charge in [0.05, 0.1) is 10.5 Å². The summed E-state index contributed by atoms with van der Waals surface area (Å²) in [5, 5.41) is 13.7. The molecule has 2 aromatic rings. The van der Waals surface area contributed by atoms with Gasteiger partial charge in [0.1, 0.15) is 10.3 Å². The van der Waals surface area contributed by atoms with Crippen molar-refractivity contribution in [3.05, 3.63) is 61.8 Å². The molecule has 0 saturated heterocycles. The van der Waals surface area contributed by atoms with E-state index in [0.29, 0.717) is 4.60 Å². The van der Waals surface area contributed by atoms with E-state index < -0.39 is 10.8 Å². The van der Waals surface area contributed by atoms with E-state index in [1.807, 2.05) is 0 Å². The molecule has 102 valence electrons. The Bertz CT molecular complexity index is 693. The second-order valence-electron chi connectivity index (χ2n) is 3.71. The number of nitrogens with zero attached hydrogens (tertiary/aromatic N) is 2. The Morgan fingerprint density at radius 3 is 2.80 bits per heavy atom. The van der Waals surface area contributed by atoms with E-state index in [1.165, 1.54) is 24.4 Å². The van der Waals surface area contributed by atoms with Gasteiger partial charge in [-0.3, -0.25) is 14.9 Å². The Hall–Kier alpha value is -1.99. The van der Waals surface area contributed by atoms with Gasteiger partial charge < -0.3 is 5.32 Å². The Kier molecular flexibility index (Phi) is 4.31. The predicted octanol–water partition coefficient (Wildman–Crippen LogP) is 3.66. The number of halogens is 2. The Labute approximate surface area is 127 Å². The Morgan fingerprint density at radius 2 is 2.15 bits per heavy atom. The fraction of sp³-hybridized carbons (Fsp3) is 0. The molecular formula is C12H7BrClN3O3. The van der Waals surface area contributed by atoms with Crippen LogP contribution in [-0.4, -0.2) is 15.8 Å². The minimum Gasteiger partial charge on any atom is -0.316 e. The van der Waals surface area contributed by atoms with Crippen LogP contribution in [-0.2, 0) is 0 Å². The SMILES string of the molecule is O=C(Nc1cc(Cl)ccc1[N+](=O)[O-])c1cccnc1Br. The zero-order chi connectivity index (χ0) is 14.7. The molecule has 6 nitrogen and oxygen atoms in total. The molecule has 8 heteroatoms. The smallest absolute Gasteiger partial charge is 0.292 e. The summed E-state index contributed by atoms with van der Waals surface area (Å²) in [4.78, 5) is 26.3. The fourth-order valence-corrected chi connectivity index (χ4v) is 2.12. The number of amides is 1. The average molecular weight is 357 g/mol. The first-order chi connectivity index (χ1) is 9.49. The third-order valence-electron chi connectivity index (χ3n) is 2.41. The summed E-state index contributed by atoms with van der Waals surface area (Å²) in [5.74, 6) is -0.518. The lowest BCUT2D eigenvalue weighted by molar-refractivity contribution is -0.383. The maximum atomic E-state index is 12.1. The van der Waals surface area contributed by atoms with Gasteiger partial charge in [-0.1, -0.05) is 11.6 Å². The molecule has 0 bridgehead atoms. The summed E-state index contributed by atoms with van der Waals surface area (Å²) in [6, 6.07) is 7.07. The quantitative estimate of drug-likeness (QED) is 0.516. The van der Waals surface area contributed by atoms with Crippen LogP contribution < -0.4 is 5.32 Å². The number of carbonyl (C=O) groups excluding carboxylic acids is 1. The molecule has 0 aliphatic carbocycles. The molecule has 0 unspecified atom stereocenters. The van der Waals surface area contributed by atoms with Gasteiger partial charge in [-0.25, -0.2) is 4.98 Å². The minimum absolute atomic E-state index is 0.0308. The zero-order valence-corrected chi connectivity index (χ0v) is 12.2. The van der Waals surface area contributed by atoms with Crippen LogP contribution in [0.4, 0.5) is 11.4 Å². The highest BCUT2D eigenvalue weighted by Crippen LogP contribution is 2.28. The summed E-state index contributed by atoms with van der Waals surface area (Å²) in [6.07, 6.45) is 1.52. The lowest BCUT2D eigenvalue weighted by atomic mass is 10.2. The van der Waals surface area contributed by atoms with E-state index in [1.54, 1.807) is 12.1 Å². The molecule has 0 atom stereocenters. The number of anilines is 1. The van der Waals surface area contributed by atoms with E-state index in [2.05, 4.69) is 26.2 Å². The van der Waals surface area contributed by atoms with Crippen molar-refractivity contribution in [2.45, 2.75) is 0 Å². The second-order valence-corrected chi connectivity index (χ2v) is 4.90. The molecular weight excluding hydrogens is 350 g/mol.